The monoisotopic (exact) mass is 294 g/mol. The van der Waals surface area contributed by atoms with E-state index in [9.17, 15) is 4.79 Å². The van der Waals surface area contributed by atoms with E-state index < -0.39 is 0 Å². The Morgan fingerprint density at radius 2 is 2.15 bits per heavy atom. The molecule has 1 aliphatic carbocycles. The molecule has 1 aromatic rings. The van der Waals surface area contributed by atoms with Gasteiger partial charge in [-0.3, -0.25) is 4.79 Å². The lowest BCUT2D eigenvalue weighted by molar-refractivity contribution is -0.113. The van der Waals surface area contributed by atoms with Gasteiger partial charge in [0, 0.05) is 11.3 Å². The number of nitrogens with one attached hydrogen (secondary N) is 1. The van der Waals surface area contributed by atoms with Gasteiger partial charge in [0.1, 0.15) is 5.75 Å². The Balaban J connectivity index is 1.81. The second-order valence-corrected chi connectivity index (χ2v) is 6.36. The summed E-state index contributed by atoms with van der Waals surface area (Å²) in [5.41, 5.74) is 7.06. The lowest BCUT2D eigenvalue weighted by atomic mass is 10.0. The summed E-state index contributed by atoms with van der Waals surface area (Å²) in [6.45, 7) is 0. The fraction of sp³-hybridized carbons (Fsp3) is 0.533. The van der Waals surface area contributed by atoms with E-state index in [0.29, 0.717) is 28.1 Å². The van der Waals surface area contributed by atoms with Crippen molar-refractivity contribution >= 4 is 29.0 Å². The molecule has 0 radical (unpaired) electrons. The number of hydrogen-bond acceptors (Lipinski definition) is 4. The predicted octanol–water partition coefficient (Wildman–Crippen LogP) is 3.28. The zero-order chi connectivity index (χ0) is 14.4. The van der Waals surface area contributed by atoms with E-state index in [1.807, 2.05) is 0 Å². The second kappa shape index (κ2) is 7.43. The summed E-state index contributed by atoms with van der Waals surface area (Å²) in [5.74, 6) is 1.20. The molecule has 0 bridgehead atoms. The van der Waals surface area contributed by atoms with Crippen molar-refractivity contribution in [3.05, 3.63) is 18.2 Å². The van der Waals surface area contributed by atoms with Crippen LogP contribution in [-0.4, -0.2) is 24.0 Å². The minimum absolute atomic E-state index is 0.0115. The van der Waals surface area contributed by atoms with Gasteiger partial charge in [0.05, 0.1) is 24.2 Å². The summed E-state index contributed by atoms with van der Waals surface area (Å²) in [6, 6.07) is 5.28. The number of benzene rings is 1. The number of ether oxygens (including phenoxy) is 1. The SMILES string of the molecule is COc1ccc(NC(=O)CSC2CCCCC2)c(N)c1. The number of anilines is 2. The fourth-order valence-electron chi connectivity index (χ4n) is 2.39. The van der Waals surface area contributed by atoms with E-state index in [1.165, 1.54) is 32.1 Å². The minimum Gasteiger partial charge on any atom is -0.497 e. The molecule has 1 amide bonds. The maximum atomic E-state index is 11.9. The molecule has 0 aliphatic heterocycles. The van der Waals surface area contributed by atoms with Gasteiger partial charge in [-0.1, -0.05) is 19.3 Å². The molecule has 2 rings (SSSR count). The van der Waals surface area contributed by atoms with Gasteiger partial charge in [-0.05, 0) is 25.0 Å². The molecule has 3 N–H and O–H groups in total. The molecule has 4 nitrogen and oxygen atoms in total. The number of nitrogens with two attached hydrogens (primary N) is 1. The van der Waals surface area contributed by atoms with Crippen LogP contribution in [0.3, 0.4) is 0 Å². The molecular formula is C15H22N2O2S. The van der Waals surface area contributed by atoms with Crippen LogP contribution >= 0.6 is 11.8 Å². The van der Waals surface area contributed by atoms with Crippen LogP contribution in [-0.2, 0) is 4.79 Å². The lowest BCUT2D eigenvalue weighted by Crippen LogP contribution is -2.18. The number of amides is 1. The smallest absolute Gasteiger partial charge is 0.234 e. The molecule has 0 saturated heterocycles. The van der Waals surface area contributed by atoms with Crippen LogP contribution < -0.4 is 15.8 Å². The zero-order valence-corrected chi connectivity index (χ0v) is 12.7. The van der Waals surface area contributed by atoms with Crippen LogP contribution in [0.25, 0.3) is 0 Å². The molecular weight excluding hydrogens is 272 g/mol. The maximum absolute atomic E-state index is 11.9. The fourth-order valence-corrected chi connectivity index (χ4v) is 3.52. The average molecular weight is 294 g/mol. The Morgan fingerprint density at radius 3 is 2.80 bits per heavy atom. The van der Waals surface area contributed by atoms with Crippen molar-refractivity contribution in [3.63, 3.8) is 0 Å². The molecule has 0 atom stereocenters. The molecule has 0 aromatic heterocycles. The van der Waals surface area contributed by atoms with Gasteiger partial charge in [-0.2, -0.15) is 0 Å². The highest BCUT2D eigenvalue weighted by Crippen LogP contribution is 2.29. The summed E-state index contributed by atoms with van der Waals surface area (Å²) in [4.78, 5) is 11.9. The summed E-state index contributed by atoms with van der Waals surface area (Å²) in [5, 5.41) is 3.50. The Bertz CT molecular complexity index is 459. The first kappa shape index (κ1) is 15.0. The van der Waals surface area contributed by atoms with Gasteiger partial charge in [0.15, 0.2) is 0 Å². The number of hydrogen-bond donors (Lipinski definition) is 2. The number of nitrogen functional groups attached to an aromatic ring is 1. The Morgan fingerprint density at radius 1 is 1.40 bits per heavy atom. The van der Waals surface area contributed by atoms with Crippen LogP contribution in [0.15, 0.2) is 18.2 Å². The van der Waals surface area contributed by atoms with Crippen molar-refractivity contribution in [3.8, 4) is 5.75 Å². The molecule has 1 fully saturated rings. The Labute approximate surface area is 124 Å². The number of methoxy groups -OCH3 is 1. The van der Waals surface area contributed by atoms with E-state index in [2.05, 4.69) is 5.32 Å². The largest absolute Gasteiger partial charge is 0.497 e. The lowest BCUT2D eigenvalue weighted by Gasteiger charge is -2.20. The van der Waals surface area contributed by atoms with Gasteiger partial charge < -0.3 is 15.8 Å². The van der Waals surface area contributed by atoms with Crippen LogP contribution in [0.2, 0.25) is 0 Å². The molecule has 20 heavy (non-hydrogen) atoms. The first-order chi connectivity index (χ1) is 9.69. The molecule has 1 saturated carbocycles. The number of carbonyl (C=O) groups excluding carboxylic acids is 1. The Kier molecular flexibility index (Phi) is 5.59. The van der Waals surface area contributed by atoms with Crippen molar-refractivity contribution in [2.24, 2.45) is 0 Å². The van der Waals surface area contributed by atoms with E-state index >= 15 is 0 Å². The van der Waals surface area contributed by atoms with Crippen LogP contribution in [0.1, 0.15) is 32.1 Å². The molecule has 0 spiro atoms. The number of carbonyl (C=O) groups is 1. The zero-order valence-electron chi connectivity index (χ0n) is 11.9. The summed E-state index contributed by atoms with van der Waals surface area (Å²) < 4.78 is 5.09. The third kappa shape index (κ3) is 4.34. The first-order valence-corrected chi connectivity index (χ1v) is 8.09. The van der Waals surface area contributed by atoms with E-state index in [-0.39, 0.29) is 5.91 Å². The van der Waals surface area contributed by atoms with Gasteiger partial charge in [0.2, 0.25) is 5.91 Å². The summed E-state index contributed by atoms with van der Waals surface area (Å²) in [7, 11) is 1.59. The molecule has 110 valence electrons. The predicted molar refractivity (Wildman–Crippen MR) is 85.4 cm³/mol. The van der Waals surface area contributed by atoms with Crippen LogP contribution in [0.4, 0.5) is 11.4 Å². The molecule has 0 unspecified atom stereocenters. The average Bonchev–Trinajstić information content (AvgIpc) is 2.48. The number of thioether (sulfide) groups is 1. The molecule has 1 aliphatic rings. The highest BCUT2D eigenvalue weighted by atomic mass is 32.2. The van der Waals surface area contributed by atoms with E-state index in [1.54, 1.807) is 37.1 Å². The second-order valence-electron chi connectivity index (χ2n) is 5.07. The summed E-state index contributed by atoms with van der Waals surface area (Å²) >= 11 is 1.76. The first-order valence-electron chi connectivity index (χ1n) is 7.04. The van der Waals surface area contributed by atoms with Crippen molar-refractivity contribution < 1.29 is 9.53 Å². The summed E-state index contributed by atoms with van der Waals surface area (Å²) in [6.07, 6.45) is 6.41. The quantitative estimate of drug-likeness (QED) is 0.818. The van der Waals surface area contributed by atoms with Crippen LogP contribution in [0.5, 0.6) is 5.75 Å². The third-order valence-corrected chi connectivity index (χ3v) is 4.91. The maximum Gasteiger partial charge on any atom is 0.234 e. The van der Waals surface area contributed by atoms with Crippen LogP contribution in [0, 0.1) is 0 Å². The normalized spacial score (nSPS) is 15.8. The highest BCUT2D eigenvalue weighted by molar-refractivity contribution is 8.00. The van der Waals surface area contributed by atoms with Gasteiger partial charge in [-0.25, -0.2) is 0 Å². The third-order valence-electron chi connectivity index (χ3n) is 3.54. The molecule has 1 aromatic carbocycles. The molecule has 0 heterocycles. The topological polar surface area (TPSA) is 64.3 Å². The van der Waals surface area contributed by atoms with Gasteiger partial charge in [-0.15, -0.1) is 11.8 Å². The van der Waals surface area contributed by atoms with E-state index in [4.69, 9.17) is 10.5 Å². The molecule has 5 heteroatoms. The highest BCUT2D eigenvalue weighted by Gasteiger charge is 2.15. The number of rotatable bonds is 5. The Hall–Kier alpha value is -1.36. The van der Waals surface area contributed by atoms with Crippen molar-refractivity contribution in [2.45, 2.75) is 37.4 Å². The van der Waals surface area contributed by atoms with Crippen molar-refractivity contribution in [1.29, 1.82) is 0 Å². The van der Waals surface area contributed by atoms with Gasteiger partial charge in [0.25, 0.3) is 0 Å². The van der Waals surface area contributed by atoms with Crippen molar-refractivity contribution in [2.75, 3.05) is 23.9 Å². The van der Waals surface area contributed by atoms with Gasteiger partial charge >= 0.3 is 0 Å². The minimum atomic E-state index is 0.0115. The standard InChI is InChI=1S/C15H22N2O2S/c1-19-11-7-8-14(13(16)9-11)17-15(18)10-20-12-5-3-2-4-6-12/h7-9,12H,2-6,10,16H2,1H3,(H,17,18). The van der Waals surface area contributed by atoms with E-state index in [0.717, 1.165) is 0 Å². The van der Waals surface area contributed by atoms with Crippen molar-refractivity contribution in [1.82, 2.24) is 0 Å².